The Bertz CT molecular complexity index is 425. The van der Waals surface area contributed by atoms with Crippen molar-refractivity contribution in [1.29, 1.82) is 0 Å². The SMILES string of the molecule is C[C@@H](NC1CCN(C(=O)N(C)C)CC1)c1ccccc1. The molecule has 2 rings (SSSR count). The molecule has 1 atom stereocenters. The molecule has 2 amide bonds. The van der Waals surface area contributed by atoms with E-state index in [4.69, 9.17) is 0 Å². The third-order valence-electron chi connectivity index (χ3n) is 3.93. The van der Waals surface area contributed by atoms with Crippen molar-refractivity contribution < 1.29 is 4.79 Å². The summed E-state index contributed by atoms with van der Waals surface area (Å²) in [5.74, 6) is 0. The first-order valence-electron chi connectivity index (χ1n) is 7.35. The van der Waals surface area contributed by atoms with E-state index in [1.807, 2.05) is 25.1 Å². The van der Waals surface area contributed by atoms with Crippen LogP contribution in [0.4, 0.5) is 4.79 Å². The number of nitrogens with one attached hydrogen (secondary N) is 1. The average molecular weight is 275 g/mol. The van der Waals surface area contributed by atoms with Gasteiger partial charge in [0.1, 0.15) is 0 Å². The first-order chi connectivity index (χ1) is 9.58. The molecule has 0 bridgehead atoms. The number of benzene rings is 1. The van der Waals surface area contributed by atoms with E-state index in [-0.39, 0.29) is 6.03 Å². The van der Waals surface area contributed by atoms with Crippen molar-refractivity contribution >= 4 is 6.03 Å². The lowest BCUT2D eigenvalue weighted by atomic mass is 10.0. The summed E-state index contributed by atoms with van der Waals surface area (Å²) in [4.78, 5) is 15.5. The average Bonchev–Trinajstić information content (AvgIpc) is 2.48. The van der Waals surface area contributed by atoms with Gasteiger partial charge in [-0.05, 0) is 25.3 Å². The lowest BCUT2D eigenvalue weighted by molar-refractivity contribution is 0.151. The van der Waals surface area contributed by atoms with Gasteiger partial charge in [-0.1, -0.05) is 30.3 Å². The Morgan fingerprint density at radius 1 is 1.25 bits per heavy atom. The number of carbonyl (C=O) groups excluding carboxylic acids is 1. The number of piperidine rings is 1. The van der Waals surface area contributed by atoms with Gasteiger partial charge in [0.25, 0.3) is 0 Å². The van der Waals surface area contributed by atoms with Crippen LogP contribution in [0.2, 0.25) is 0 Å². The van der Waals surface area contributed by atoms with Gasteiger partial charge >= 0.3 is 6.03 Å². The number of hydrogen-bond acceptors (Lipinski definition) is 2. The zero-order valence-corrected chi connectivity index (χ0v) is 12.7. The Labute approximate surface area is 121 Å². The third-order valence-corrected chi connectivity index (χ3v) is 3.93. The number of carbonyl (C=O) groups is 1. The molecule has 1 aromatic carbocycles. The summed E-state index contributed by atoms with van der Waals surface area (Å²) in [5.41, 5.74) is 1.32. The molecule has 0 radical (unpaired) electrons. The molecule has 0 spiro atoms. The van der Waals surface area contributed by atoms with Crippen LogP contribution in [0, 0.1) is 0 Å². The van der Waals surface area contributed by atoms with Crippen LogP contribution in [0.1, 0.15) is 31.4 Å². The highest BCUT2D eigenvalue weighted by Crippen LogP contribution is 2.17. The van der Waals surface area contributed by atoms with Crippen molar-refractivity contribution in [3.8, 4) is 0 Å². The highest BCUT2D eigenvalue weighted by atomic mass is 16.2. The number of amides is 2. The smallest absolute Gasteiger partial charge is 0.319 e. The van der Waals surface area contributed by atoms with Gasteiger partial charge in [0.2, 0.25) is 0 Å². The normalized spacial score (nSPS) is 17.9. The Kier molecular flexibility index (Phi) is 5.01. The first kappa shape index (κ1) is 14.9. The minimum Gasteiger partial charge on any atom is -0.331 e. The van der Waals surface area contributed by atoms with Crippen molar-refractivity contribution in [3.63, 3.8) is 0 Å². The van der Waals surface area contributed by atoms with Crippen LogP contribution in [0.15, 0.2) is 30.3 Å². The van der Waals surface area contributed by atoms with Gasteiger partial charge in [0.15, 0.2) is 0 Å². The van der Waals surface area contributed by atoms with Crippen molar-refractivity contribution in [3.05, 3.63) is 35.9 Å². The molecule has 4 heteroatoms. The van der Waals surface area contributed by atoms with Crippen LogP contribution in [0.3, 0.4) is 0 Å². The molecule has 0 aromatic heterocycles. The maximum atomic E-state index is 11.9. The largest absolute Gasteiger partial charge is 0.331 e. The summed E-state index contributed by atoms with van der Waals surface area (Å²) in [5, 5.41) is 3.67. The molecule has 1 N–H and O–H groups in total. The zero-order valence-electron chi connectivity index (χ0n) is 12.7. The van der Waals surface area contributed by atoms with E-state index in [0.29, 0.717) is 12.1 Å². The van der Waals surface area contributed by atoms with E-state index >= 15 is 0 Å². The highest BCUT2D eigenvalue weighted by molar-refractivity contribution is 5.73. The molecule has 110 valence electrons. The van der Waals surface area contributed by atoms with Crippen LogP contribution in [-0.2, 0) is 0 Å². The van der Waals surface area contributed by atoms with Crippen molar-refractivity contribution in [1.82, 2.24) is 15.1 Å². The van der Waals surface area contributed by atoms with Crippen molar-refractivity contribution in [2.45, 2.75) is 31.8 Å². The number of nitrogens with zero attached hydrogens (tertiary/aromatic N) is 2. The molecule has 0 unspecified atom stereocenters. The zero-order chi connectivity index (χ0) is 14.5. The molecule has 0 aliphatic carbocycles. The number of rotatable bonds is 3. The lowest BCUT2D eigenvalue weighted by Gasteiger charge is -2.35. The second-order valence-electron chi connectivity index (χ2n) is 5.74. The maximum absolute atomic E-state index is 11.9. The number of hydrogen-bond donors (Lipinski definition) is 1. The van der Waals surface area contributed by atoms with Gasteiger partial charge < -0.3 is 15.1 Å². The fourth-order valence-electron chi connectivity index (χ4n) is 2.71. The molecule has 20 heavy (non-hydrogen) atoms. The van der Waals surface area contributed by atoms with Gasteiger partial charge in [-0.2, -0.15) is 0 Å². The topological polar surface area (TPSA) is 35.6 Å². The maximum Gasteiger partial charge on any atom is 0.319 e. The van der Waals surface area contributed by atoms with E-state index < -0.39 is 0 Å². The Balaban J connectivity index is 1.81. The quantitative estimate of drug-likeness (QED) is 0.920. The summed E-state index contributed by atoms with van der Waals surface area (Å²) in [7, 11) is 3.62. The fraction of sp³-hybridized carbons (Fsp3) is 0.562. The van der Waals surface area contributed by atoms with Crippen molar-refractivity contribution in [2.24, 2.45) is 0 Å². The minimum atomic E-state index is 0.125. The summed E-state index contributed by atoms with van der Waals surface area (Å²) in [6.45, 7) is 3.89. The molecule has 1 aliphatic rings. The monoisotopic (exact) mass is 275 g/mol. The summed E-state index contributed by atoms with van der Waals surface area (Å²) < 4.78 is 0. The number of urea groups is 1. The molecular weight excluding hydrogens is 250 g/mol. The highest BCUT2D eigenvalue weighted by Gasteiger charge is 2.24. The Morgan fingerprint density at radius 2 is 1.85 bits per heavy atom. The van der Waals surface area contributed by atoms with E-state index in [1.54, 1.807) is 4.90 Å². The second kappa shape index (κ2) is 6.75. The molecular formula is C16H25N3O. The van der Waals surface area contributed by atoms with Crippen LogP contribution >= 0.6 is 0 Å². The second-order valence-corrected chi connectivity index (χ2v) is 5.74. The van der Waals surface area contributed by atoms with Crippen LogP contribution < -0.4 is 5.32 Å². The van der Waals surface area contributed by atoms with E-state index in [0.717, 1.165) is 25.9 Å². The fourth-order valence-corrected chi connectivity index (χ4v) is 2.71. The molecule has 1 heterocycles. The standard InChI is InChI=1S/C16H25N3O/c1-13(14-7-5-4-6-8-14)17-15-9-11-19(12-10-15)16(20)18(2)3/h4-8,13,15,17H,9-12H2,1-3H3/t13-/m1/s1. The minimum absolute atomic E-state index is 0.125. The Hall–Kier alpha value is -1.55. The molecule has 1 fully saturated rings. The van der Waals surface area contributed by atoms with E-state index in [1.165, 1.54) is 5.56 Å². The first-order valence-corrected chi connectivity index (χ1v) is 7.35. The number of likely N-dealkylation sites (tertiary alicyclic amines) is 1. The van der Waals surface area contributed by atoms with E-state index in [2.05, 4.69) is 36.5 Å². The van der Waals surface area contributed by atoms with Crippen molar-refractivity contribution in [2.75, 3.05) is 27.2 Å². The summed E-state index contributed by atoms with van der Waals surface area (Å²) in [6.07, 6.45) is 2.05. The Morgan fingerprint density at radius 3 is 2.40 bits per heavy atom. The van der Waals surface area contributed by atoms with Gasteiger partial charge in [0.05, 0.1) is 0 Å². The lowest BCUT2D eigenvalue weighted by Crippen LogP contribution is -2.48. The van der Waals surface area contributed by atoms with Gasteiger partial charge in [-0.15, -0.1) is 0 Å². The molecule has 1 saturated heterocycles. The predicted molar refractivity (Wildman–Crippen MR) is 81.7 cm³/mol. The molecule has 1 aromatic rings. The molecule has 1 aliphatic heterocycles. The van der Waals surface area contributed by atoms with E-state index in [9.17, 15) is 4.79 Å². The molecule has 4 nitrogen and oxygen atoms in total. The third kappa shape index (κ3) is 3.73. The summed E-state index contributed by atoms with van der Waals surface area (Å²) >= 11 is 0. The predicted octanol–water partition coefficient (Wildman–Crippen LogP) is 2.48. The van der Waals surface area contributed by atoms with Gasteiger partial charge in [-0.3, -0.25) is 0 Å². The van der Waals surface area contributed by atoms with Crippen LogP contribution in [0.5, 0.6) is 0 Å². The van der Waals surface area contributed by atoms with Gasteiger partial charge in [-0.25, -0.2) is 4.79 Å². The molecule has 0 saturated carbocycles. The van der Waals surface area contributed by atoms with Gasteiger partial charge in [0, 0.05) is 39.3 Å². The van der Waals surface area contributed by atoms with Crippen LogP contribution in [-0.4, -0.2) is 49.1 Å². The summed E-state index contributed by atoms with van der Waals surface area (Å²) in [6, 6.07) is 11.5. The van der Waals surface area contributed by atoms with Crippen LogP contribution in [0.25, 0.3) is 0 Å².